The molecule has 0 saturated heterocycles. The van der Waals surface area contributed by atoms with E-state index in [2.05, 4.69) is 50.1 Å². The molecule has 98 valence electrons. The van der Waals surface area contributed by atoms with E-state index in [1.54, 1.807) is 11.3 Å². The largest absolute Gasteiger partial charge is 0.305 e. The normalized spacial score (nSPS) is 12.9. The molecule has 0 amide bonds. The van der Waals surface area contributed by atoms with Gasteiger partial charge < -0.3 is 5.32 Å². The second-order valence-corrected chi connectivity index (χ2v) is 5.99. The van der Waals surface area contributed by atoms with Crippen LogP contribution >= 0.6 is 27.3 Å². The number of halogens is 1. The van der Waals surface area contributed by atoms with Crippen molar-refractivity contribution in [1.29, 1.82) is 0 Å². The van der Waals surface area contributed by atoms with Crippen LogP contribution < -0.4 is 5.32 Å². The third-order valence-corrected chi connectivity index (χ3v) is 4.64. The van der Waals surface area contributed by atoms with Crippen LogP contribution in [0.3, 0.4) is 0 Å². The molecule has 0 radical (unpaired) electrons. The molecule has 3 nitrogen and oxygen atoms in total. The van der Waals surface area contributed by atoms with Crippen LogP contribution in [0.5, 0.6) is 0 Å². The molecule has 0 aliphatic carbocycles. The molecule has 2 aromatic rings. The van der Waals surface area contributed by atoms with E-state index in [9.17, 15) is 0 Å². The zero-order valence-corrected chi connectivity index (χ0v) is 13.3. The van der Waals surface area contributed by atoms with Gasteiger partial charge in [0, 0.05) is 16.9 Å². The van der Waals surface area contributed by atoms with E-state index in [-0.39, 0.29) is 6.04 Å². The highest BCUT2D eigenvalue weighted by atomic mass is 79.9. The topological polar surface area (TPSA) is 29.9 Å². The van der Waals surface area contributed by atoms with Gasteiger partial charge in [0.05, 0.1) is 17.4 Å². The molecular weight excluding hydrogens is 310 g/mol. The van der Waals surface area contributed by atoms with E-state index in [1.165, 1.54) is 15.7 Å². The summed E-state index contributed by atoms with van der Waals surface area (Å²) in [5, 5.41) is 12.4. The highest BCUT2D eigenvalue weighted by Gasteiger charge is 2.20. The number of aromatic nitrogens is 2. The maximum atomic E-state index is 4.44. The minimum Gasteiger partial charge on any atom is -0.305 e. The Bertz CT molecular complexity index is 518. The molecule has 1 N–H and O–H groups in total. The van der Waals surface area contributed by atoms with Crippen LogP contribution in [0.2, 0.25) is 0 Å². The molecule has 0 saturated carbocycles. The summed E-state index contributed by atoms with van der Waals surface area (Å²) in [7, 11) is 2.00. The van der Waals surface area contributed by atoms with Crippen LogP contribution in [0.1, 0.15) is 36.3 Å². The second kappa shape index (κ2) is 5.99. The number of hydrogen-bond acceptors (Lipinski definition) is 3. The first kappa shape index (κ1) is 13.8. The summed E-state index contributed by atoms with van der Waals surface area (Å²) >= 11 is 5.35. The fourth-order valence-electron chi connectivity index (χ4n) is 2.06. The van der Waals surface area contributed by atoms with Gasteiger partial charge in [-0.1, -0.05) is 6.92 Å². The molecule has 2 heterocycles. The maximum Gasteiger partial charge on any atom is 0.0767 e. The van der Waals surface area contributed by atoms with E-state index in [0.717, 1.165) is 18.7 Å². The molecule has 1 atom stereocenters. The molecule has 0 bridgehead atoms. The van der Waals surface area contributed by atoms with Gasteiger partial charge in [-0.05, 0) is 52.8 Å². The van der Waals surface area contributed by atoms with Crippen LogP contribution in [0.15, 0.2) is 21.3 Å². The molecule has 0 aliphatic heterocycles. The zero-order chi connectivity index (χ0) is 13.1. The van der Waals surface area contributed by atoms with E-state index >= 15 is 0 Å². The summed E-state index contributed by atoms with van der Waals surface area (Å²) in [6.45, 7) is 5.21. The first-order valence-electron chi connectivity index (χ1n) is 6.09. The molecule has 2 rings (SSSR count). The Morgan fingerprint density at radius 1 is 1.50 bits per heavy atom. The summed E-state index contributed by atoms with van der Waals surface area (Å²) in [6.07, 6.45) is 1.12. The lowest BCUT2D eigenvalue weighted by atomic mass is 10.1. The summed E-state index contributed by atoms with van der Waals surface area (Å²) < 4.78 is 3.13. The highest BCUT2D eigenvalue weighted by Crippen LogP contribution is 2.31. The first-order valence-corrected chi connectivity index (χ1v) is 7.82. The molecular formula is C13H18BrN3S. The molecule has 0 fully saturated rings. The van der Waals surface area contributed by atoms with Crippen molar-refractivity contribution in [1.82, 2.24) is 15.1 Å². The SMILES string of the molecule is CCCNC(c1cscc1Br)c1cc(C)nn1C. The molecule has 18 heavy (non-hydrogen) atoms. The Balaban J connectivity index is 2.37. The summed E-state index contributed by atoms with van der Waals surface area (Å²) in [5.74, 6) is 0. The minimum absolute atomic E-state index is 0.205. The monoisotopic (exact) mass is 327 g/mol. The number of thiophene rings is 1. The predicted molar refractivity (Wildman–Crippen MR) is 80.1 cm³/mol. The van der Waals surface area contributed by atoms with Crippen molar-refractivity contribution in [3.63, 3.8) is 0 Å². The van der Waals surface area contributed by atoms with E-state index in [0.29, 0.717) is 0 Å². The molecule has 5 heteroatoms. The zero-order valence-electron chi connectivity index (χ0n) is 10.9. The van der Waals surface area contributed by atoms with Crippen molar-refractivity contribution in [3.05, 3.63) is 38.3 Å². The van der Waals surface area contributed by atoms with Gasteiger partial charge in [-0.2, -0.15) is 16.4 Å². The first-order chi connectivity index (χ1) is 8.63. The Kier molecular flexibility index (Phi) is 4.59. The van der Waals surface area contributed by atoms with Crippen LogP contribution in [-0.2, 0) is 7.05 Å². The van der Waals surface area contributed by atoms with Gasteiger partial charge in [0.25, 0.3) is 0 Å². The maximum absolute atomic E-state index is 4.44. The number of rotatable bonds is 5. The third-order valence-electron chi connectivity index (χ3n) is 2.89. The van der Waals surface area contributed by atoms with Crippen molar-refractivity contribution in [2.45, 2.75) is 26.3 Å². The number of aryl methyl sites for hydroxylation is 2. The Morgan fingerprint density at radius 3 is 2.78 bits per heavy atom. The van der Waals surface area contributed by atoms with Gasteiger partial charge in [0.1, 0.15) is 0 Å². The Morgan fingerprint density at radius 2 is 2.28 bits per heavy atom. The molecule has 0 spiro atoms. The number of nitrogens with one attached hydrogen (secondary N) is 1. The smallest absolute Gasteiger partial charge is 0.0767 e. The third kappa shape index (κ3) is 2.84. The van der Waals surface area contributed by atoms with Gasteiger partial charge >= 0.3 is 0 Å². The van der Waals surface area contributed by atoms with Crippen molar-refractivity contribution in [3.8, 4) is 0 Å². The molecule has 1 unspecified atom stereocenters. The van der Waals surface area contributed by atoms with Crippen molar-refractivity contribution in [2.75, 3.05) is 6.54 Å². The summed E-state index contributed by atoms with van der Waals surface area (Å²) in [5.41, 5.74) is 3.55. The van der Waals surface area contributed by atoms with Gasteiger partial charge in [-0.15, -0.1) is 0 Å². The average molecular weight is 328 g/mol. The van der Waals surface area contributed by atoms with Crippen LogP contribution in [0.4, 0.5) is 0 Å². The van der Waals surface area contributed by atoms with Gasteiger partial charge in [0.2, 0.25) is 0 Å². The summed E-state index contributed by atoms with van der Waals surface area (Å²) in [6, 6.07) is 2.36. The van der Waals surface area contributed by atoms with Crippen molar-refractivity contribution < 1.29 is 0 Å². The second-order valence-electron chi connectivity index (χ2n) is 4.40. The summed E-state index contributed by atoms with van der Waals surface area (Å²) in [4.78, 5) is 0. The molecule has 0 aliphatic rings. The van der Waals surface area contributed by atoms with Crippen molar-refractivity contribution >= 4 is 27.3 Å². The van der Waals surface area contributed by atoms with Crippen LogP contribution in [-0.4, -0.2) is 16.3 Å². The van der Waals surface area contributed by atoms with Crippen LogP contribution in [0.25, 0.3) is 0 Å². The Hall–Kier alpha value is -0.650. The predicted octanol–water partition coefficient (Wildman–Crippen LogP) is 3.64. The van der Waals surface area contributed by atoms with E-state index in [4.69, 9.17) is 0 Å². The lowest BCUT2D eigenvalue weighted by molar-refractivity contribution is 0.553. The van der Waals surface area contributed by atoms with E-state index in [1.807, 2.05) is 18.7 Å². The quantitative estimate of drug-likeness (QED) is 0.908. The average Bonchev–Trinajstić information content (AvgIpc) is 2.87. The standard InChI is InChI=1S/C13H18BrN3S/c1-4-5-15-13(10-7-18-8-11(10)14)12-6-9(2)16-17(12)3/h6-8,13,15H,4-5H2,1-3H3. The van der Waals surface area contributed by atoms with Crippen LogP contribution in [0, 0.1) is 6.92 Å². The lowest BCUT2D eigenvalue weighted by Crippen LogP contribution is -2.25. The number of nitrogens with zero attached hydrogens (tertiary/aromatic N) is 2. The Labute approximate surface area is 120 Å². The minimum atomic E-state index is 0.205. The van der Waals surface area contributed by atoms with E-state index < -0.39 is 0 Å². The lowest BCUT2D eigenvalue weighted by Gasteiger charge is -2.18. The molecule has 0 aromatic carbocycles. The van der Waals surface area contributed by atoms with Crippen molar-refractivity contribution in [2.24, 2.45) is 7.05 Å². The molecule has 2 aromatic heterocycles. The van der Waals surface area contributed by atoms with Gasteiger partial charge in [-0.3, -0.25) is 4.68 Å². The fourth-order valence-corrected chi connectivity index (χ4v) is 3.61. The number of hydrogen-bond donors (Lipinski definition) is 1. The fraction of sp³-hybridized carbons (Fsp3) is 0.462. The highest BCUT2D eigenvalue weighted by molar-refractivity contribution is 9.10. The van der Waals surface area contributed by atoms with Gasteiger partial charge in [0.15, 0.2) is 0 Å². The van der Waals surface area contributed by atoms with Gasteiger partial charge in [-0.25, -0.2) is 0 Å².